The summed E-state index contributed by atoms with van der Waals surface area (Å²) in [7, 11) is 0. The van der Waals surface area contributed by atoms with E-state index in [-0.39, 0.29) is 6.10 Å². The lowest BCUT2D eigenvalue weighted by Crippen LogP contribution is -2.21. The van der Waals surface area contributed by atoms with Crippen molar-refractivity contribution in [2.24, 2.45) is 5.10 Å². The van der Waals surface area contributed by atoms with Crippen molar-refractivity contribution in [3.63, 3.8) is 0 Å². The van der Waals surface area contributed by atoms with Gasteiger partial charge in [-0.15, -0.1) is 0 Å². The van der Waals surface area contributed by atoms with Gasteiger partial charge in [-0.2, -0.15) is 14.9 Å². The number of rotatable bonds is 8. The van der Waals surface area contributed by atoms with Crippen LogP contribution in [0.25, 0.3) is 11.4 Å². The van der Waals surface area contributed by atoms with Crippen LogP contribution in [0.15, 0.2) is 53.6 Å². The fraction of sp³-hybridized carbons (Fsp3) is 0.318. The normalized spacial score (nSPS) is 11.3. The first kappa shape index (κ1) is 20.8. The van der Waals surface area contributed by atoms with E-state index in [4.69, 9.17) is 17.0 Å². The van der Waals surface area contributed by atoms with Gasteiger partial charge in [0.25, 0.3) is 0 Å². The van der Waals surface area contributed by atoms with Gasteiger partial charge in [0.1, 0.15) is 5.75 Å². The van der Waals surface area contributed by atoms with Crippen molar-refractivity contribution in [2.45, 2.75) is 33.8 Å². The molecule has 3 aromatic rings. The standard InChI is InChI=1S/C22H27N5OS/c1-5-26(6-2)19-12-10-17(11-13-19)15-23-27-21(24-25-22(27)29)18-8-7-9-20(14-18)28-16(3)4/h7-16H,5-6H2,1-4H3,(H,25,29)/b23-15+. The van der Waals surface area contributed by atoms with Crippen molar-refractivity contribution >= 4 is 24.1 Å². The van der Waals surface area contributed by atoms with Gasteiger partial charge in [-0.05, 0) is 69.7 Å². The highest BCUT2D eigenvalue weighted by atomic mass is 32.1. The molecule has 0 bridgehead atoms. The Hall–Kier alpha value is -2.93. The number of ether oxygens (including phenoxy) is 1. The molecular formula is C22H27N5OS. The summed E-state index contributed by atoms with van der Waals surface area (Å²) in [5.74, 6) is 1.43. The van der Waals surface area contributed by atoms with E-state index in [2.05, 4.69) is 58.3 Å². The Bertz CT molecular complexity index is 1020. The number of nitrogens with zero attached hydrogens (tertiary/aromatic N) is 4. The zero-order valence-corrected chi connectivity index (χ0v) is 18.1. The highest BCUT2D eigenvalue weighted by Gasteiger charge is 2.10. The quantitative estimate of drug-likeness (QED) is 0.414. The molecule has 1 N–H and O–H groups in total. The van der Waals surface area contributed by atoms with Gasteiger partial charge in [0.05, 0.1) is 12.3 Å². The number of hydrogen-bond donors (Lipinski definition) is 1. The van der Waals surface area contributed by atoms with Crippen LogP contribution in [0.4, 0.5) is 5.69 Å². The summed E-state index contributed by atoms with van der Waals surface area (Å²) in [4.78, 5) is 2.30. The molecule has 0 unspecified atom stereocenters. The Morgan fingerprint density at radius 2 is 1.90 bits per heavy atom. The van der Waals surface area contributed by atoms with Crippen molar-refractivity contribution < 1.29 is 4.74 Å². The number of benzene rings is 2. The van der Waals surface area contributed by atoms with E-state index >= 15 is 0 Å². The van der Waals surface area contributed by atoms with E-state index < -0.39 is 0 Å². The molecule has 0 spiro atoms. The third kappa shape index (κ3) is 5.12. The van der Waals surface area contributed by atoms with E-state index in [0.29, 0.717) is 10.6 Å². The summed E-state index contributed by atoms with van der Waals surface area (Å²) in [6, 6.07) is 16.1. The maximum atomic E-state index is 5.79. The summed E-state index contributed by atoms with van der Waals surface area (Å²) in [5.41, 5.74) is 3.08. The first-order valence-electron chi connectivity index (χ1n) is 9.85. The number of aromatic amines is 1. The lowest BCUT2D eigenvalue weighted by atomic mass is 10.2. The van der Waals surface area contributed by atoms with E-state index in [1.54, 1.807) is 10.9 Å². The molecule has 1 heterocycles. The second kappa shape index (κ2) is 9.52. The molecule has 0 fully saturated rings. The molecule has 7 heteroatoms. The van der Waals surface area contributed by atoms with Crippen molar-refractivity contribution in [1.29, 1.82) is 0 Å². The van der Waals surface area contributed by atoms with Crippen molar-refractivity contribution in [3.05, 3.63) is 58.9 Å². The second-order valence-corrected chi connectivity index (χ2v) is 7.25. The highest BCUT2D eigenvalue weighted by Crippen LogP contribution is 2.23. The van der Waals surface area contributed by atoms with Crippen molar-refractivity contribution in [1.82, 2.24) is 14.9 Å². The molecule has 0 amide bonds. The van der Waals surface area contributed by atoms with Crippen LogP contribution in [0.3, 0.4) is 0 Å². The van der Waals surface area contributed by atoms with Crippen LogP contribution >= 0.6 is 12.2 Å². The van der Waals surface area contributed by atoms with E-state index in [1.165, 1.54) is 5.69 Å². The highest BCUT2D eigenvalue weighted by molar-refractivity contribution is 7.71. The Balaban J connectivity index is 1.86. The number of hydrogen-bond acceptors (Lipinski definition) is 5. The van der Waals surface area contributed by atoms with Crippen LogP contribution < -0.4 is 9.64 Å². The molecule has 0 atom stereocenters. The monoisotopic (exact) mass is 409 g/mol. The predicted molar refractivity (Wildman–Crippen MR) is 122 cm³/mol. The van der Waals surface area contributed by atoms with E-state index in [9.17, 15) is 0 Å². The molecule has 0 aliphatic heterocycles. The molecule has 3 rings (SSSR count). The first-order valence-corrected chi connectivity index (χ1v) is 10.3. The lowest BCUT2D eigenvalue weighted by Gasteiger charge is -2.20. The number of aromatic nitrogens is 3. The summed E-state index contributed by atoms with van der Waals surface area (Å²) in [6.07, 6.45) is 1.89. The van der Waals surface area contributed by atoms with Crippen LogP contribution in [0.5, 0.6) is 5.75 Å². The largest absolute Gasteiger partial charge is 0.491 e. The minimum absolute atomic E-state index is 0.100. The minimum Gasteiger partial charge on any atom is -0.491 e. The molecule has 0 saturated carbocycles. The third-order valence-corrected chi connectivity index (χ3v) is 4.72. The predicted octanol–water partition coefficient (Wildman–Crippen LogP) is 5.12. The average molecular weight is 410 g/mol. The van der Waals surface area contributed by atoms with Crippen molar-refractivity contribution in [3.8, 4) is 17.1 Å². The maximum Gasteiger partial charge on any atom is 0.216 e. The number of anilines is 1. The molecule has 0 aliphatic carbocycles. The fourth-order valence-electron chi connectivity index (χ4n) is 3.05. The van der Waals surface area contributed by atoms with Crippen LogP contribution in [0.2, 0.25) is 0 Å². The minimum atomic E-state index is 0.100. The average Bonchev–Trinajstić information content (AvgIpc) is 3.08. The van der Waals surface area contributed by atoms with Gasteiger partial charge < -0.3 is 9.64 Å². The third-order valence-electron chi connectivity index (χ3n) is 4.46. The Kier molecular flexibility index (Phi) is 6.82. The van der Waals surface area contributed by atoms with Gasteiger partial charge in [0, 0.05) is 24.3 Å². The maximum absolute atomic E-state index is 5.79. The fourth-order valence-corrected chi connectivity index (χ4v) is 3.23. The molecule has 0 radical (unpaired) electrons. The van der Waals surface area contributed by atoms with Gasteiger partial charge in [-0.3, -0.25) is 0 Å². The first-order chi connectivity index (χ1) is 14.0. The molecular weight excluding hydrogens is 382 g/mol. The van der Waals surface area contributed by atoms with E-state index in [0.717, 1.165) is 30.0 Å². The van der Waals surface area contributed by atoms with Gasteiger partial charge in [-0.25, -0.2) is 5.10 Å². The summed E-state index contributed by atoms with van der Waals surface area (Å²) in [5, 5.41) is 11.7. The van der Waals surface area contributed by atoms with Crippen LogP contribution in [0.1, 0.15) is 33.3 Å². The summed E-state index contributed by atoms with van der Waals surface area (Å²) >= 11 is 5.37. The smallest absolute Gasteiger partial charge is 0.216 e. The van der Waals surface area contributed by atoms with Gasteiger partial charge in [0.2, 0.25) is 4.77 Å². The molecule has 1 aromatic heterocycles. The summed E-state index contributed by atoms with van der Waals surface area (Å²) < 4.78 is 7.85. The van der Waals surface area contributed by atoms with Crippen molar-refractivity contribution in [2.75, 3.05) is 18.0 Å². The zero-order valence-electron chi connectivity index (χ0n) is 17.3. The lowest BCUT2D eigenvalue weighted by molar-refractivity contribution is 0.242. The molecule has 0 aliphatic rings. The van der Waals surface area contributed by atoms with Gasteiger partial charge >= 0.3 is 0 Å². The molecule has 6 nitrogen and oxygen atoms in total. The Morgan fingerprint density at radius 3 is 2.55 bits per heavy atom. The number of nitrogens with one attached hydrogen (secondary N) is 1. The van der Waals surface area contributed by atoms with E-state index in [1.807, 2.05) is 38.1 Å². The summed E-state index contributed by atoms with van der Waals surface area (Å²) in [6.45, 7) is 10.3. The molecule has 29 heavy (non-hydrogen) atoms. The topological polar surface area (TPSA) is 58.4 Å². The number of H-pyrrole nitrogens is 1. The zero-order chi connectivity index (χ0) is 20.8. The Labute approximate surface area is 176 Å². The molecule has 0 saturated heterocycles. The molecule has 152 valence electrons. The second-order valence-electron chi connectivity index (χ2n) is 6.87. The Morgan fingerprint density at radius 1 is 1.17 bits per heavy atom. The van der Waals surface area contributed by atoms with Gasteiger partial charge in [-0.1, -0.05) is 24.3 Å². The SMILES string of the molecule is CCN(CC)c1ccc(/C=N/n2c(-c3cccc(OC(C)C)c3)n[nH]c2=S)cc1. The van der Waals surface area contributed by atoms with Crippen LogP contribution in [-0.2, 0) is 0 Å². The van der Waals surface area contributed by atoms with Crippen LogP contribution in [0, 0.1) is 4.77 Å². The van der Waals surface area contributed by atoms with Gasteiger partial charge in [0.15, 0.2) is 5.82 Å². The van der Waals surface area contributed by atoms with Crippen LogP contribution in [-0.4, -0.2) is 40.3 Å². The molecule has 2 aromatic carbocycles.